The Morgan fingerprint density at radius 1 is 1.00 bits per heavy atom. The molecule has 0 aliphatic heterocycles. The molecule has 0 heterocycles. The van der Waals surface area contributed by atoms with Gasteiger partial charge >= 0.3 is 190 Å². The molecule has 0 aromatic rings. The molecular weight excluding hydrogens is 455 g/mol. The van der Waals surface area contributed by atoms with Crippen LogP contribution in [0.1, 0.15) is 85.0 Å². The molecule has 0 bridgehead atoms. The Morgan fingerprint density at radius 2 is 1.71 bits per heavy atom. The number of carboxylic acids is 1. The minimum absolute atomic E-state index is 0.163. The van der Waals surface area contributed by atoms with Gasteiger partial charge in [0.1, 0.15) is 0 Å². The number of hydrogen-bond donors (Lipinski definition) is 3. The van der Waals surface area contributed by atoms with Crippen LogP contribution in [0.25, 0.3) is 0 Å². The Morgan fingerprint density at radius 3 is 2.45 bits per heavy atom. The molecular formula is C26H44O4Se. The van der Waals surface area contributed by atoms with E-state index >= 15 is 0 Å². The second-order valence-electron chi connectivity index (χ2n) is 12.0. The molecule has 0 spiro atoms. The van der Waals surface area contributed by atoms with Gasteiger partial charge in [-0.25, -0.2) is 0 Å². The summed E-state index contributed by atoms with van der Waals surface area (Å²) in [5, 5.41) is 32.5. The van der Waals surface area contributed by atoms with Gasteiger partial charge in [0.25, 0.3) is 0 Å². The Balaban J connectivity index is 1.42. The monoisotopic (exact) mass is 500 g/mol. The van der Waals surface area contributed by atoms with Crippen LogP contribution in [-0.4, -0.2) is 48.5 Å². The maximum absolute atomic E-state index is 11.3. The first-order valence-electron chi connectivity index (χ1n) is 12.8. The number of carboxylic acid groups (broad SMARTS) is 1. The van der Waals surface area contributed by atoms with Gasteiger partial charge in [0.15, 0.2) is 0 Å². The van der Waals surface area contributed by atoms with Crippen molar-refractivity contribution in [3.63, 3.8) is 0 Å². The maximum atomic E-state index is 11.3. The number of carbonyl (C=O) groups is 1. The molecule has 0 aromatic carbocycles. The van der Waals surface area contributed by atoms with E-state index in [2.05, 4.69) is 20.8 Å². The zero-order valence-electron chi connectivity index (χ0n) is 19.8. The molecule has 0 aromatic heterocycles. The summed E-state index contributed by atoms with van der Waals surface area (Å²) in [6.07, 6.45) is 10.2. The average molecular weight is 500 g/mol. The molecule has 0 radical (unpaired) electrons. The fourth-order valence-corrected chi connectivity index (χ4v) is 11.1. The summed E-state index contributed by atoms with van der Waals surface area (Å²) in [4.78, 5) is 10.8. The summed E-state index contributed by atoms with van der Waals surface area (Å²) in [5.41, 5.74) is 0.661. The van der Waals surface area contributed by atoms with Crippen LogP contribution in [0, 0.1) is 46.3 Å². The summed E-state index contributed by atoms with van der Waals surface area (Å²) >= 11 is 0.456. The molecule has 0 saturated heterocycles. The first-order chi connectivity index (χ1) is 14.7. The molecule has 31 heavy (non-hydrogen) atoms. The SMILES string of the molecule is C[C@H](CC[Se]CCC(=O)O)[C@H]1CC[C@H]2[C@@H]3[C@H](O)C[C@@H]4C[C@H](O)CC[C@]4(C)[C@H]3CC[C@]12C. The third-order valence-electron chi connectivity index (χ3n) is 10.6. The van der Waals surface area contributed by atoms with Crippen LogP contribution in [-0.2, 0) is 4.79 Å². The molecule has 10 atom stereocenters. The number of rotatable bonds is 7. The summed E-state index contributed by atoms with van der Waals surface area (Å²) in [6.45, 7) is 7.47. The second kappa shape index (κ2) is 9.28. The number of aliphatic hydroxyl groups excluding tert-OH is 2. The number of aliphatic carboxylic acids is 1. The van der Waals surface area contributed by atoms with Gasteiger partial charge in [0.2, 0.25) is 0 Å². The van der Waals surface area contributed by atoms with Crippen LogP contribution in [0.15, 0.2) is 0 Å². The molecule has 3 N–H and O–H groups in total. The predicted molar refractivity (Wildman–Crippen MR) is 124 cm³/mol. The van der Waals surface area contributed by atoms with Crippen molar-refractivity contribution in [2.75, 3.05) is 0 Å². The molecule has 0 amide bonds. The quantitative estimate of drug-likeness (QED) is 0.340. The normalized spacial score (nSPS) is 47.8. The van der Waals surface area contributed by atoms with E-state index in [1.165, 1.54) is 37.4 Å². The molecule has 0 unspecified atom stereocenters. The number of fused-ring (bicyclic) bond motifs is 5. The van der Waals surface area contributed by atoms with Gasteiger partial charge in [-0.3, -0.25) is 0 Å². The number of hydrogen-bond acceptors (Lipinski definition) is 3. The van der Waals surface area contributed by atoms with Crippen LogP contribution < -0.4 is 0 Å². The van der Waals surface area contributed by atoms with Crippen molar-refractivity contribution < 1.29 is 20.1 Å². The zero-order valence-corrected chi connectivity index (χ0v) is 21.5. The fraction of sp³-hybridized carbons (Fsp3) is 0.962. The molecule has 4 nitrogen and oxygen atoms in total. The Kier molecular flexibility index (Phi) is 7.20. The van der Waals surface area contributed by atoms with Gasteiger partial charge < -0.3 is 5.11 Å². The topological polar surface area (TPSA) is 77.8 Å². The molecule has 4 fully saturated rings. The molecule has 4 aliphatic rings. The Hall–Kier alpha value is -0.0905. The van der Waals surface area contributed by atoms with Crippen molar-refractivity contribution in [2.45, 2.75) is 108 Å². The van der Waals surface area contributed by atoms with Crippen LogP contribution in [0.4, 0.5) is 0 Å². The van der Waals surface area contributed by atoms with E-state index in [0.29, 0.717) is 61.8 Å². The number of aliphatic hydroxyl groups is 2. The van der Waals surface area contributed by atoms with Gasteiger partial charge in [-0.15, -0.1) is 0 Å². The van der Waals surface area contributed by atoms with Gasteiger partial charge in [-0.2, -0.15) is 0 Å². The first kappa shape index (κ1) is 24.0. The third-order valence-corrected chi connectivity index (χ3v) is 12.7. The van der Waals surface area contributed by atoms with E-state index in [-0.39, 0.29) is 12.2 Å². The van der Waals surface area contributed by atoms with Gasteiger partial charge in [-0.1, -0.05) is 0 Å². The predicted octanol–water partition coefficient (Wildman–Crippen LogP) is 5.02. The van der Waals surface area contributed by atoms with Crippen LogP contribution in [0.5, 0.6) is 0 Å². The third kappa shape index (κ3) is 4.38. The van der Waals surface area contributed by atoms with Gasteiger partial charge in [-0.05, 0) is 0 Å². The van der Waals surface area contributed by atoms with Gasteiger partial charge in [0.05, 0.1) is 0 Å². The Bertz CT molecular complexity index is 655. The Labute approximate surface area is 195 Å². The van der Waals surface area contributed by atoms with Crippen molar-refractivity contribution in [2.24, 2.45) is 46.3 Å². The van der Waals surface area contributed by atoms with E-state index in [1.807, 2.05) is 0 Å². The first-order valence-corrected chi connectivity index (χ1v) is 15.2. The van der Waals surface area contributed by atoms with Crippen molar-refractivity contribution in [3.05, 3.63) is 0 Å². The van der Waals surface area contributed by atoms with Crippen molar-refractivity contribution in [1.29, 1.82) is 0 Å². The standard InChI is InChI=1S/C26H44O4Se/c1-16(8-12-31-13-9-23(29)30)19-4-5-20-24-21(7-11-26(19,20)3)25(2)10-6-18(27)14-17(25)15-22(24)28/h16-22,24,27-28H,4-15H2,1-3H3,(H,29,30)/t16-,17+,18-,19-,20+,21+,22-,24+,25+,26-/m1/s1. The van der Waals surface area contributed by atoms with E-state index in [1.54, 1.807) is 0 Å². The molecule has 178 valence electrons. The zero-order chi connectivity index (χ0) is 22.4. The molecule has 4 aliphatic carbocycles. The van der Waals surface area contributed by atoms with Crippen molar-refractivity contribution >= 4 is 20.9 Å². The summed E-state index contributed by atoms with van der Waals surface area (Å²) < 4.78 is 0. The molecule has 4 saturated carbocycles. The van der Waals surface area contributed by atoms with Crippen molar-refractivity contribution in [1.82, 2.24) is 0 Å². The minimum atomic E-state index is -0.660. The average Bonchev–Trinajstić information content (AvgIpc) is 3.06. The van der Waals surface area contributed by atoms with Crippen LogP contribution in [0.2, 0.25) is 10.6 Å². The van der Waals surface area contributed by atoms with E-state index in [4.69, 9.17) is 5.11 Å². The molecule has 4 rings (SSSR count). The van der Waals surface area contributed by atoms with E-state index in [9.17, 15) is 15.0 Å². The summed E-state index contributed by atoms with van der Waals surface area (Å²) in [7, 11) is 0. The molecule has 5 heteroatoms. The summed E-state index contributed by atoms with van der Waals surface area (Å²) in [6, 6.07) is 0. The van der Waals surface area contributed by atoms with E-state index < -0.39 is 5.97 Å². The summed E-state index contributed by atoms with van der Waals surface area (Å²) in [5.74, 6) is 3.00. The fourth-order valence-electron chi connectivity index (χ4n) is 8.91. The van der Waals surface area contributed by atoms with Crippen LogP contribution in [0.3, 0.4) is 0 Å². The van der Waals surface area contributed by atoms with E-state index in [0.717, 1.165) is 36.9 Å². The van der Waals surface area contributed by atoms with Crippen LogP contribution >= 0.6 is 0 Å². The van der Waals surface area contributed by atoms with Gasteiger partial charge in [0, 0.05) is 0 Å². The van der Waals surface area contributed by atoms with Crippen molar-refractivity contribution in [3.8, 4) is 0 Å². The second-order valence-corrected chi connectivity index (χ2v) is 14.5.